The van der Waals surface area contributed by atoms with Crippen LogP contribution >= 0.6 is 11.8 Å². The van der Waals surface area contributed by atoms with E-state index in [1.165, 1.54) is 0 Å². The first-order valence-electron chi connectivity index (χ1n) is 5.95. The van der Waals surface area contributed by atoms with Gasteiger partial charge >= 0.3 is 0 Å². The number of nitrogens with one attached hydrogen (secondary N) is 1. The van der Waals surface area contributed by atoms with Crippen LogP contribution in [0.5, 0.6) is 5.75 Å². The Hall–Kier alpha value is -1.20. The molecule has 1 atom stereocenters. The number of anilines is 1. The molecule has 0 aromatic heterocycles. The molecule has 0 bridgehead atoms. The van der Waals surface area contributed by atoms with Gasteiger partial charge in [-0.15, -0.1) is 0 Å². The molecule has 1 amide bonds. The fraction of sp³-hybridized carbons (Fsp3) is 0.462. The van der Waals surface area contributed by atoms with Crippen molar-refractivity contribution >= 4 is 23.4 Å². The standard InChI is InChI=1S/C13H18N2O2S/c1-15(10-4-3-5-11(8-10)17-2)13(16)12-9-18-7-6-14-12/h3-5,8,12,14H,6-7,9H2,1-2H3. The van der Waals surface area contributed by atoms with Gasteiger partial charge in [0.1, 0.15) is 5.75 Å². The summed E-state index contributed by atoms with van der Waals surface area (Å²) in [5, 5.41) is 3.25. The Kier molecular flexibility index (Phi) is 4.49. The van der Waals surface area contributed by atoms with E-state index in [9.17, 15) is 4.79 Å². The van der Waals surface area contributed by atoms with Gasteiger partial charge in [-0.3, -0.25) is 4.79 Å². The number of methoxy groups -OCH3 is 1. The summed E-state index contributed by atoms with van der Waals surface area (Å²) in [6, 6.07) is 7.46. The summed E-state index contributed by atoms with van der Waals surface area (Å²) in [6.45, 7) is 0.896. The molecule has 5 heteroatoms. The number of benzene rings is 1. The van der Waals surface area contributed by atoms with Gasteiger partial charge in [-0.2, -0.15) is 11.8 Å². The first-order chi connectivity index (χ1) is 8.72. The van der Waals surface area contributed by atoms with Gasteiger partial charge in [0.15, 0.2) is 0 Å². The Morgan fingerprint density at radius 3 is 3.06 bits per heavy atom. The lowest BCUT2D eigenvalue weighted by Gasteiger charge is -2.27. The first-order valence-corrected chi connectivity index (χ1v) is 7.10. The lowest BCUT2D eigenvalue weighted by Crippen LogP contribution is -2.49. The minimum atomic E-state index is -0.0834. The summed E-state index contributed by atoms with van der Waals surface area (Å²) in [6.07, 6.45) is 0. The molecule has 1 aliphatic rings. The number of thioether (sulfide) groups is 1. The van der Waals surface area contributed by atoms with E-state index < -0.39 is 0 Å². The third kappa shape index (κ3) is 2.97. The lowest BCUT2D eigenvalue weighted by atomic mass is 10.2. The van der Waals surface area contributed by atoms with Crippen LogP contribution in [0.25, 0.3) is 0 Å². The quantitative estimate of drug-likeness (QED) is 0.897. The molecule has 0 radical (unpaired) electrons. The second-order valence-corrected chi connectivity index (χ2v) is 5.33. The molecular weight excluding hydrogens is 248 g/mol. The maximum atomic E-state index is 12.3. The van der Waals surface area contributed by atoms with Crippen LogP contribution in [-0.4, -0.2) is 44.2 Å². The van der Waals surface area contributed by atoms with Gasteiger partial charge in [0.2, 0.25) is 5.91 Å². The van der Waals surface area contributed by atoms with Crippen molar-refractivity contribution in [1.29, 1.82) is 0 Å². The average Bonchev–Trinajstić information content (AvgIpc) is 2.46. The van der Waals surface area contributed by atoms with Gasteiger partial charge in [0.05, 0.1) is 13.2 Å². The van der Waals surface area contributed by atoms with Gasteiger partial charge in [-0.25, -0.2) is 0 Å². The van der Waals surface area contributed by atoms with Gasteiger partial charge in [-0.1, -0.05) is 6.07 Å². The fourth-order valence-corrected chi connectivity index (χ4v) is 2.83. The predicted molar refractivity (Wildman–Crippen MR) is 75.5 cm³/mol. The number of nitrogens with zero attached hydrogens (tertiary/aromatic N) is 1. The molecule has 98 valence electrons. The summed E-state index contributed by atoms with van der Waals surface area (Å²) in [4.78, 5) is 14.0. The van der Waals surface area contributed by atoms with Crippen molar-refractivity contribution in [2.75, 3.05) is 37.1 Å². The van der Waals surface area contributed by atoms with E-state index in [2.05, 4.69) is 5.32 Å². The summed E-state index contributed by atoms with van der Waals surface area (Å²) in [7, 11) is 3.43. The largest absolute Gasteiger partial charge is 0.497 e. The SMILES string of the molecule is COc1cccc(N(C)C(=O)C2CSCCN2)c1. The zero-order valence-corrected chi connectivity index (χ0v) is 11.5. The first kappa shape index (κ1) is 13.2. The van der Waals surface area contributed by atoms with Gasteiger partial charge in [-0.05, 0) is 12.1 Å². The minimum Gasteiger partial charge on any atom is -0.497 e. The molecule has 1 unspecified atom stereocenters. The molecule has 1 heterocycles. The van der Waals surface area contributed by atoms with Crippen molar-refractivity contribution in [2.45, 2.75) is 6.04 Å². The van der Waals surface area contributed by atoms with Crippen molar-refractivity contribution in [3.05, 3.63) is 24.3 Å². The number of rotatable bonds is 3. The topological polar surface area (TPSA) is 41.6 Å². The molecule has 1 N–H and O–H groups in total. The summed E-state index contributed by atoms with van der Waals surface area (Å²) >= 11 is 1.82. The van der Waals surface area contributed by atoms with E-state index in [0.717, 1.165) is 29.5 Å². The zero-order valence-electron chi connectivity index (χ0n) is 10.7. The Labute approximate surface area is 112 Å². The highest BCUT2D eigenvalue weighted by Crippen LogP contribution is 2.21. The van der Waals surface area contributed by atoms with Crippen molar-refractivity contribution in [2.24, 2.45) is 0 Å². The summed E-state index contributed by atoms with van der Waals surface area (Å²) in [5.41, 5.74) is 0.858. The van der Waals surface area contributed by atoms with Gasteiger partial charge in [0, 0.05) is 36.9 Å². The van der Waals surface area contributed by atoms with Gasteiger partial charge in [0.25, 0.3) is 0 Å². The number of ether oxygens (including phenoxy) is 1. The molecule has 1 saturated heterocycles. The molecule has 0 aliphatic carbocycles. The molecule has 1 aromatic carbocycles. The highest BCUT2D eigenvalue weighted by Gasteiger charge is 2.24. The molecule has 2 rings (SSSR count). The number of carbonyl (C=O) groups excluding carboxylic acids is 1. The number of carbonyl (C=O) groups is 1. The van der Waals surface area contributed by atoms with Crippen LogP contribution in [0.15, 0.2) is 24.3 Å². The third-order valence-corrected chi connectivity index (χ3v) is 4.05. The second kappa shape index (κ2) is 6.11. The Bertz CT molecular complexity index is 419. The third-order valence-electron chi connectivity index (χ3n) is 2.99. The second-order valence-electron chi connectivity index (χ2n) is 4.18. The molecule has 18 heavy (non-hydrogen) atoms. The Morgan fingerprint density at radius 2 is 2.39 bits per heavy atom. The zero-order chi connectivity index (χ0) is 13.0. The van der Waals surface area contributed by atoms with Gasteiger partial charge < -0.3 is 15.0 Å². The normalized spacial score (nSPS) is 19.3. The molecular formula is C13H18N2O2S. The smallest absolute Gasteiger partial charge is 0.244 e. The molecule has 1 aliphatic heterocycles. The van der Waals surface area contributed by atoms with Crippen LogP contribution < -0.4 is 15.0 Å². The van der Waals surface area contributed by atoms with Crippen LogP contribution in [0, 0.1) is 0 Å². The molecule has 0 saturated carbocycles. The fourth-order valence-electron chi connectivity index (χ4n) is 1.90. The van der Waals surface area contributed by atoms with Crippen LogP contribution in [0.4, 0.5) is 5.69 Å². The molecule has 1 fully saturated rings. The monoisotopic (exact) mass is 266 g/mol. The maximum absolute atomic E-state index is 12.3. The minimum absolute atomic E-state index is 0.0834. The van der Waals surface area contributed by atoms with E-state index in [4.69, 9.17) is 4.74 Å². The number of hydrogen-bond donors (Lipinski definition) is 1. The van der Waals surface area contributed by atoms with Crippen LogP contribution in [-0.2, 0) is 4.79 Å². The lowest BCUT2D eigenvalue weighted by molar-refractivity contribution is -0.119. The maximum Gasteiger partial charge on any atom is 0.244 e. The van der Waals surface area contributed by atoms with Crippen molar-refractivity contribution in [1.82, 2.24) is 5.32 Å². The van der Waals surface area contributed by atoms with E-state index in [1.807, 2.05) is 36.0 Å². The Morgan fingerprint density at radius 1 is 1.56 bits per heavy atom. The van der Waals surface area contributed by atoms with E-state index in [1.54, 1.807) is 19.1 Å². The average molecular weight is 266 g/mol. The number of amides is 1. The van der Waals surface area contributed by atoms with E-state index >= 15 is 0 Å². The van der Waals surface area contributed by atoms with E-state index in [0.29, 0.717) is 0 Å². The Balaban J connectivity index is 2.09. The predicted octanol–water partition coefficient (Wildman–Crippen LogP) is 1.36. The highest BCUT2D eigenvalue weighted by molar-refractivity contribution is 7.99. The molecule has 4 nitrogen and oxygen atoms in total. The van der Waals surface area contributed by atoms with Crippen LogP contribution in [0.2, 0.25) is 0 Å². The number of hydrogen-bond acceptors (Lipinski definition) is 4. The van der Waals surface area contributed by atoms with Crippen molar-refractivity contribution in [3.8, 4) is 5.75 Å². The summed E-state index contributed by atoms with van der Waals surface area (Å²) < 4.78 is 5.17. The van der Waals surface area contributed by atoms with Crippen LogP contribution in [0.1, 0.15) is 0 Å². The molecule has 1 aromatic rings. The molecule has 0 spiro atoms. The van der Waals surface area contributed by atoms with E-state index in [-0.39, 0.29) is 11.9 Å². The highest BCUT2D eigenvalue weighted by atomic mass is 32.2. The van der Waals surface area contributed by atoms with Crippen molar-refractivity contribution in [3.63, 3.8) is 0 Å². The van der Waals surface area contributed by atoms with Crippen LogP contribution in [0.3, 0.4) is 0 Å². The summed E-state index contributed by atoms with van der Waals surface area (Å²) in [5.74, 6) is 2.79. The number of likely N-dealkylation sites (N-methyl/N-ethyl adjacent to an activating group) is 1. The van der Waals surface area contributed by atoms with Crippen molar-refractivity contribution < 1.29 is 9.53 Å².